The highest BCUT2D eigenvalue weighted by Crippen LogP contribution is 2.26. The van der Waals surface area contributed by atoms with Crippen LogP contribution >= 0.6 is 11.6 Å². The van der Waals surface area contributed by atoms with Crippen LogP contribution in [0.4, 0.5) is 0 Å². The maximum absolute atomic E-state index is 5.76. The molecule has 3 nitrogen and oxygen atoms in total. The van der Waals surface area contributed by atoms with Crippen molar-refractivity contribution in [2.45, 2.75) is 19.4 Å². The molecule has 0 spiro atoms. The highest BCUT2D eigenvalue weighted by molar-refractivity contribution is 6.28. The molecular weight excluding hydrogens is 226 g/mol. The number of nitrogens with one attached hydrogen (secondary N) is 1. The number of hydrogen-bond acceptors (Lipinski definition) is 3. The van der Waals surface area contributed by atoms with Crippen molar-refractivity contribution in [3.8, 4) is 0 Å². The zero-order chi connectivity index (χ0) is 11.5. The Morgan fingerprint density at radius 2 is 1.88 bits per heavy atom. The van der Waals surface area contributed by atoms with Crippen molar-refractivity contribution in [1.82, 2.24) is 5.32 Å². The Balaban J connectivity index is 2.28. The van der Waals surface area contributed by atoms with Gasteiger partial charge in [0.2, 0.25) is 0 Å². The summed E-state index contributed by atoms with van der Waals surface area (Å²) in [5.74, 6) is 2.56. The molecule has 0 radical (unpaired) electrons. The van der Waals surface area contributed by atoms with E-state index < -0.39 is 0 Å². The minimum absolute atomic E-state index is 0.0900. The summed E-state index contributed by atoms with van der Waals surface area (Å²) in [6, 6.07) is 7.41. The minimum atomic E-state index is -0.0900. The van der Waals surface area contributed by atoms with Crippen LogP contribution in [0, 0.1) is 0 Å². The molecule has 0 fully saturated rings. The Morgan fingerprint density at radius 3 is 2.38 bits per heavy atom. The third-order valence-corrected chi connectivity index (χ3v) is 2.69. The number of hydrogen-bond donors (Lipinski definition) is 1. The maximum Gasteiger partial charge on any atom is 0.193 e. The second kappa shape index (κ2) is 4.76. The van der Waals surface area contributed by atoms with Gasteiger partial charge in [-0.1, -0.05) is 6.92 Å². The van der Waals surface area contributed by atoms with Crippen LogP contribution in [0.3, 0.4) is 0 Å². The molecule has 4 heteroatoms. The summed E-state index contributed by atoms with van der Waals surface area (Å²) >= 11 is 5.76. The van der Waals surface area contributed by atoms with E-state index >= 15 is 0 Å². The Bertz CT molecular complexity index is 461. The van der Waals surface area contributed by atoms with E-state index in [4.69, 9.17) is 20.4 Å². The molecule has 0 saturated carbocycles. The quantitative estimate of drug-likeness (QED) is 0.889. The van der Waals surface area contributed by atoms with Gasteiger partial charge in [-0.2, -0.15) is 0 Å². The van der Waals surface area contributed by atoms with Crippen LogP contribution in [0.15, 0.2) is 33.1 Å². The predicted molar refractivity (Wildman–Crippen MR) is 62.7 cm³/mol. The topological polar surface area (TPSA) is 38.3 Å². The Kier molecular flexibility index (Phi) is 3.36. The van der Waals surface area contributed by atoms with Gasteiger partial charge < -0.3 is 14.2 Å². The first kappa shape index (κ1) is 11.3. The summed E-state index contributed by atoms with van der Waals surface area (Å²) in [6.07, 6.45) is 0.884. The van der Waals surface area contributed by atoms with Gasteiger partial charge >= 0.3 is 0 Å². The normalized spacial score (nSPS) is 12.9. The third-order valence-electron chi connectivity index (χ3n) is 2.48. The fraction of sp³-hybridized carbons (Fsp3) is 0.333. The largest absolute Gasteiger partial charge is 0.464 e. The lowest BCUT2D eigenvalue weighted by molar-refractivity contribution is 0.390. The van der Waals surface area contributed by atoms with Gasteiger partial charge in [0.15, 0.2) is 5.22 Å². The van der Waals surface area contributed by atoms with Crippen molar-refractivity contribution in [2.75, 3.05) is 7.05 Å². The molecule has 0 saturated heterocycles. The molecule has 0 bridgehead atoms. The van der Waals surface area contributed by atoms with Crippen molar-refractivity contribution >= 4 is 11.6 Å². The molecule has 0 amide bonds. The molecule has 1 N–H and O–H groups in total. The molecule has 2 aromatic heterocycles. The average Bonchev–Trinajstić information content (AvgIpc) is 2.89. The van der Waals surface area contributed by atoms with Crippen molar-refractivity contribution < 1.29 is 8.83 Å². The van der Waals surface area contributed by atoms with E-state index in [0.29, 0.717) is 5.22 Å². The van der Waals surface area contributed by atoms with E-state index in [1.165, 1.54) is 0 Å². The first-order valence-corrected chi connectivity index (χ1v) is 5.63. The van der Waals surface area contributed by atoms with Gasteiger partial charge in [-0.15, -0.1) is 0 Å². The van der Waals surface area contributed by atoms with E-state index in [1.54, 1.807) is 6.07 Å². The van der Waals surface area contributed by atoms with Crippen molar-refractivity contribution in [3.63, 3.8) is 0 Å². The standard InChI is InChI=1S/C12H14ClNO2/c1-3-8-4-5-9(15-8)12(14-2)10-6-7-11(13)16-10/h4-7,12,14H,3H2,1-2H3. The average molecular weight is 240 g/mol. The summed E-state index contributed by atoms with van der Waals surface area (Å²) in [6.45, 7) is 2.06. The summed E-state index contributed by atoms with van der Waals surface area (Å²) in [7, 11) is 1.86. The molecule has 86 valence electrons. The molecule has 2 heterocycles. The highest BCUT2D eigenvalue weighted by atomic mass is 35.5. The summed E-state index contributed by atoms with van der Waals surface area (Å²) in [5.41, 5.74) is 0. The summed E-state index contributed by atoms with van der Waals surface area (Å²) < 4.78 is 11.1. The minimum Gasteiger partial charge on any atom is -0.464 e. The van der Waals surface area contributed by atoms with Gasteiger partial charge in [0, 0.05) is 6.42 Å². The zero-order valence-corrected chi connectivity index (χ0v) is 10.0. The lowest BCUT2D eigenvalue weighted by atomic mass is 10.2. The zero-order valence-electron chi connectivity index (χ0n) is 9.29. The molecule has 0 aromatic carbocycles. The Hall–Kier alpha value is -1.19. The fourth-order valence-electron chi connectivity index (χ4n) is 1.65. The second-order valence-corrected chi connectivity index (χ2v) is 3.89. The van der Waals surface area contributed by atoms with Crippen LogP contribution in [0.5, 0.6) is 0 Å². The van der Waals surface area contributed by atoms with Crippen molar-refractivity contribution in [3.05, 3.63) is 46.8 Å². The smallest absolute Gasteiger partial charge is 0.193 e. The molecule has 1 atom stereocenters. The van der Waals surface area contributed by atoms with Gasteiger partial charge in [0.05, 0.1) is 0 Å². The van der Waals surface area contributed by atoms with E-state index in [1.807, 2.05) is 25.2 Å². The fourth-order valence-corrected chi connectivity index (χ4v) is 1.80. The molecule has 0 aliphatic rings. The number of furan rings is 2. The number of rotatable bonds is 4. The number of halogens is 1. The van der Waals surface area contributed by atoms with Crippen LogP contribution in [0.2, 0.25) is 5.22 Å². The van der Waals surface area contributed by atoms with Crippen molar-refractivity contribution in [2.24, 2.45) is 0 Å². The van der Waals surface area contributed by atoms with Gasteiger partial charge in [-0.3, -0.25) is 0 Å². The van der Waals surface area contributed by atoms with Crippen LogP contribution < -0.4 is 5.32 Å². The Labute approximate surface area is 99.4 Å². The predicted octanol–water partition coefficient (Wildman–Crippen LogP) is 3.40. The lowest BCUT2D eigenvalue weighted by Gasteiger charge is -2.10. The monoisotopic (exact) mass is 239 g/mol. The van der Waals surface area contributed by atoms with E-state index in [0.717, 1.165) is 23.7 Å². The summed E-state index contributed by atoms with van der Waals surface area (Å²) in [5, 5.41) is 3.53. The maximum atomic E-state index is 5.76. The first-order valence-electron chi connectivity index (χ1n) is 5.25. The molecule has 2 rings (SSSR count). The molecule has 0 aliphatic heterocycles. The van der Waals surface area contributed by atoms with E-state index in [9.17, 15) is 0 Å². The van der Waals surface area contributed by atoms with Gasteiger partial charge in [0.25, 0.3) is 0 Å². The van der Waals surface area contributed by atoms with Crippen LogP contribution in [-0.4, -0.2) is 7.05 Å². The van der Waals surface area contributed by atoms with E-state index in [2.05, 4.69) is 12.2 Å². The lowest BCUT2D eigenvalue weighted by Crippen LogP contribution is -2.16. The van der Waals surface area contributed by atoms with Crippen LogP contribution in [0.1, 0.15) is 30.2 Å². The molecule has 2 aromatic rings. The van der Waals surface area contributed by atoms with Gasteiger partial charge in [-0.25, -0.2) is 0 Å². The van der Waals surface area contributed by atoms with E-state index in [-0.39, 0.29) is 6.04 Å². The number of aryl methyl sites for hydroxylation is 1. The molecule has 1 unspecified atom stereocenters. The second-order valence-electron chi connectivity index (χ2n) is 3.52. The SMILES string of the molecule is CCc1ccc(C(NC)c2ccc(Cl)o2)o1. The summed E-state index contributed by atoms with van der Waals surface area (Å²) in [4.78, 5) is 0. The molecular formula is C12H14ClNO2. The van der Waals surface area contributed by atoms with Gasteiger partial charge in [-0.05, 0) is 42.9 Å². The molecule has 16 heavy (non-hydrogen) atoms. The third kappa shape index (κ3) is 2.15. The Morgan fingerprint density at radius 1 is 1.19 bits per heavy atom. The van der Waals surface area contributed by atoms with Crippen LogP contribution in [-0.2, 0) is 6.42 Å². The first-order chi connectivity index (χ1) is 7.74. The van der Waals surface area contributed by atoms with Gasteiger partial charge in [0.1, 0.15) is 23.3 Å². The van der Waals surface area contributed by atoms with Crippen molar-refractivity contribution in [1.29, 1.82) is 0 Å². The highest BCUT2D eigenvalue weighted by Gasteiger charge is 2.19. The molecule has 0 aliphatic carbocycles. The van der Waals surface area contributed by atoms with Crippen LogP contribution in [0.25, 0.3) is 0 Å².